The van der Waals surface area contributed by atoms with Crippen LogP contribution in [0.3, 0.4) is 0 Å². The van der Waals surface area contributed by atoms with Gasteiger partial charge >= 0.3 is 0 Å². The Kier molecular flexibility index (Phi) is 5.92. The molecule has 2 aromatic carbocycles. The summed E-state index contributed by atoms with van der Waals surface area (Å²) in [5, 5.41) is 7.02. The van der Waals surface area contributed by atoms with Crippen LogP contribution >= 0.6 is 23.2 Å². The van der Waals surface area contributed by atoms with Gasteiger partial charge in [0.15, 0.2) is 0 Å². The first kappa shape index (κ1) is 16.5. The van der Waals surface area contributed by atoms with E-state index in [9.17, 15) is 4.79 Å². The first-order chi connectivity index (χ1) is 10.6. The molecule has 4 nitrogen and oxygen atoms in total. The van der Waals surface area contributed by atoms with Gasteiger partial charge < -0.3 is 15.4 Å². The third-order valence-electron chi connectivity index (χ3n) is 2.95. The fourth-order valence-corrected chi connectivity index (χ4v) is 2.34. The van der Waals surface area contributed by atoms with Crippen LogP contribution in [0.2, 0.25) is 10.0 Å². The van der Waals surface area contributed by atoms with E-state index in [1.165, 1.54) is 0 Å². The van der Waals surface area contributed by atoms with E-state index < -0.39 is 0 Å². The van der Waals surface area contributed by atoms with Crippen molar-refractivity contribution in [3.05, 3.63) is 52.5 Å². The molecule has 0 aromatic heterocycles. The van der Waals surface area contributed by atoms with Crippen molar-refractivity contribution in [3.8, 4) is 5.75 Å². The summed E-state index contributed by atoms with van der Waals surface area (Å²) in [6.07, 6.45) is 0.316. The van der Waals surface area contributed by atoms with Crippen LogP contribution in [0, 0.1) is 0 Å². The average molecular weight is 339 g/mol. The number of carbonyl (C=O) groups is 1. The molecule has 0 saturated heterocycles. The van der Waals surface area contributed by atoms with Crippen LogP contribution in [0.5, 0.6) is 5.75 Å². The van der Waals surface area contributed by atoms with E-state index in [4.69, 9.17) is 27.9 Å². The van der Waals surface area contributed by atoms with Gasteiger partial charge in [-0.1, -0.05) is 29.3 Å². The lowest BCUT2D eigenvalue weighted by atomic mass is 10.2. The Morgan fingerprint density at radius 3 is 2.73 bits per heavy atom. The minimum Gasteiger partial charge on any atom is -0.497 e. The molecule has 0 bridgehead atoms. The van der Waals surface area contributed by atoms with Crippen LogP contribution in [0.1, 0.15) is 6.42 Å². The first-order valence-electron chi connectivity index (χ1n) is 6.71. The molecule has 0 atom stereocenters. The lowest BCUT2D eigenvalue weighted by molar-refractivity contribution is -0.115. The fraction of sp³-hybridized carbons (Fsp3) is 0.188. The molecule has 0 unspecified atom stereocenters. The first-order valence-corrected chi connectivity index (χ1v) is 7.47. The number of halogens is 2. The quantitative estimate of drug-likeness (QED) is 0.818. The summed E-state index contributed by atoms with van der Waals surface area (Å²) >= 11 is 11.9. The van der Waals surface area contributed by atoms with E-state index in [0.717, 1.165) is 5.69 Å². The van der Waals surface area contributed by atoms with Crippen molar-refractivity contribution in [3.63, 3.8) is 0 Å². The lowest BCUT2D eigenvalue weighted by Gasteiger charge is -2.09. The Labute approximate surface area is 139 Å². The number of hydrogen-bond acceptors (Lipinski definition) is 3. The van der Waals surface area contributed by atoms with Crippen molar-refractivity contribution < 1.29 is 9.53 Å². The largest absolute Gasteiger partial charge is 0.497 e. The third kappa shape index (κ3) is 4.83. The van der Waals surface area contributed by atoms with Crippen LogP contribution in [-0.2, 0) is 4.79 Å². The maximum Gasteiger partial charge on any atom is 0.226 e. The molecule has 2 rings (SSSR count). The third-order valence-corrected chi connectivity index (χ3v) is 3.50. The number of anilines is 2. The summed E-state index contributed by atoms with van der Waals surface area (Å²) in [5.41, 5.74) is 1.45. The van der Waals surface area contributed by atoms with E-state index in [2.05, 4.69) is 10.6 Å². The van der Waals surface area contributed by atoms with Gasteiger partial charge in [0.25, 0.3) is 0 Å². The Morgan fingerprint density at radius 1 is 1.18 bits per heavy atom. The average Bonchev–Trinajstić information content (AvgIpc) is 2.49. The highest BCUT2D eigenvalue weighted by atomic mass is 35.5. The van der Waals surface area contributed by atoms with E-state index in [1.54, 1.807) is 31.4 Å². The summed E-state index contributed by atoms with van der Waals surface area (Å²) < 4.78 is 5.11. The number of ether oxygens (including phenoxy) is 1. The molecule has 0 saturated carbocycles. The number of nitrogens with one attached hydrogen (secondary N) is 2. The zero-order chi connectivity index (χ0) is 15.9. The number of rotatable bonds is 6. The number of methoxy groups -OCH3 is 1. The van der Waals surface area contributed by atoms with Crippen molar-refractivity contribution in [2.75, 3.05) is 24.3 Å². The summed E-state index contributed by atoms with van der Waals surface area (Å²) in [6.45, 7) is 0.469. The zero-order valence-electron chi connectivity index (χ0n) is 12.0. The standard InChI is InChI=1S/C16H16Cl2N2O2/c1-22-13-4-2-3-12(10-13)20-16(21)7-8-19-15-6-5-11(17)9-14(15)18/h2-6,9-10,19H,7-8H2,1H3,(H,20,21). The minimum atomic E-state index is -0.0918. The number of benzene rings is 2. The highest BCUT2D eigenvalue weighted by Crippen LogP contribution is 2.25. The molecule has 22 heavy (non-hydrogen) atoms. The number of hydrogen-bond donors (Lipinski definition) is 2. The van der Waals surface area contributed by atoms with Gasteiger partial charge in [-0.3, -0.25) is 4.79 Å². The molecule has 0 aliphatic heterocycles. The molecule has 0 aliphatic carbocycles. The minimum absolute atomic E-state index is 0.0918. The SMILES string of the molecule is COc1cccc(NC(=O)CCNc2ccc(Cl)cc2Cl)c1. The highest BCUT2D eigenvalue weighted by molar-refractivity contribution is 6.36. The molecule has 0 radical (unpaired) electrons. The molecular weight excluding hydrogens is 323 g/mol. The van der Waals surface area contributed by atoms with Crippen LogP contribution in [-0.4, -0.2) is 19.6 Å². The van der Waals surface area contributed by atoms with Gasteiger partial charge in [0.05, 0.1) is 17.8 Å². The zero-order valence-corrected chi connectivity index (χ0v) is 13.5. The van der Waals surface area contributed by atoms with Crippen molar-refractivity contribution >= 4 is 40.5 Å². The van der Waals surface area contributed by atoms with Gasteiger partial charge in [0.2, 0.25) is 5.91 Å². The van der Waals surface area contributed by atoms with Crippen molar-refractivity contribution in [2.45, 2.75) is 6.42 Å². The molecule has 0 fully saturated rings. The van der Waals surface area contributed by atoms with Gasteiger partial charge in [-0.25, -0.2) is 0 Å². The smallest absolute Gasteiger partial charge is 0.226 e. The molecule has 0 aliphatic rings. The summed E-state index contributed by atoms with van der Waals surface area (Å²) in [7, 11) is 1.58. The normalized spacial score (nSPS) is 10.1. The van der Waals surface area contributed by atoms with E-state index in [0.29, 0.717) is 34.4 Å². The summed E-state index contributed by atoms with van der Waals surface area (Å²) in [6, 6.07) is 12.4. The molecule has 2 aromatic rings. The van der Waals surface area contributed by atoms with E-state index >= 15 is 0 Å². The molecule has 6 heteroatoms. The molecular formula is C16H16Cl2N2O2. The second-order valence-electron chi connectivity index (χ2n) is 4.58. The van der Waals surface area contributed by atoms with Gasteiger partial charge in [0, 0.05) is 29.7 Å². The van der Waals surface area contributed by atoms with E-state index in [1.807, 2.05) is 18.2 Å². The van der Waals surface area contributed by atoms with Crippen molar-refractivity contribution in [1.82, 2.24) is 0 Å². The van der Waals surface area contributed by atoms with Gasteiger partial charge in [-0.15, -0.1) is 0 Å². The summed E-state index contributed by atoms with van der Waals surface area (Å²) in [5.74, 6) is 0.606. The molecule has 0 heterocycles. The van der Waals surface area contributed by atoms with Crippen molar-refractivity contribution in [2.24, 2.45) is 0 Å². The molecule has 116 valence electrons. The monoisotopic (exact) mass is 338 g/mol. The topological polar surface area (TPSA) is 50.4 Å². The van der Waals surface area contributed by atoms with Crippen molar-refractivity contribution in [1.29, 1.82) is 0 Å². The fourth-order valence-electron chi connectivity index (χ4n) is 1.87. The number of carbonyl (C=O) groups excluding carboxylic acids is 1. The Hall–Kier alpha value is -1.91. The summed E-state index contributed by atoms with van der Waals surface area (Å²) in [4.78, 5) is 11.9. The Bertz CT molecular complexity index is 662. The van der Waals surface area contributed by atoms with Crippen LogP contribution < -0.4 is 15.4 Å². The van der Waals surface area contributed by atoms with Crippen LogP contribution in [0.4, 0.5) is 11.4 Å². The van der Waals surface area contributed by atoms with Gasteiger partial charge in [-0.05, 0) is 30.3 Å². The predicted octanol–water partition coefficient (Wildman–Crippen LogP) is 4.44. The lowest BCUT2D eigenvalue weighted by Crippen LogP contribution is -2.16. The molecule has 0 spiro atoms. The van der Waals surface area contributed by atoms with Crippen LogP contribution in [0.25, 0.3) is 0 Å². The molecule has 1 amide bonds. The molecule has 2 N–H and O–H groups in total. The Morgan fingerprint density at radius 2 is 2.00 bits per heavy atom. The number of amides is 1. The van der Waals surface area contributed by atoms with Crippen LogP contribution in [0.15, 0.2) is 42.5 Å². The Balaban J connectivity index is 1.82. The second kappa shape index (κ2) is 7.92. The van der Waals surface area contributed by atoms with Gasteiger partial charge in [-0.2, -0.15) is 0 Å². The van der Waals surface area contributed by atoms with Gasteiger partial charge in [0.1, 0.15) is 5.75 Å². The second-order valence-corrected chi connectivity index (χ2v) is 5.42. The van der Waals surface area contributed by atoms with E-state index in [-0.39, 0.29) is 5.91 Å². The maximum absolute atomic E-state index is 11.9. The maximum atomic E-state index is 11.9. The predicted molar refractivity (Wildman–Crippen MR) is 91.2 cm³/mol. The highest BCUT2D eigenvalue weighted by Gasteiger charge is 2.05.